The quantitative estimate of drug-likeness (QED) is 0.479. The molecule has 4 heterocycles. The molecule has 4 aromatic rings. The molecule has 3 aromatic heterocycles. The summed E-state index contributed by atoms with van der Waals surface area (Å²) >= 11 is 0. The molecular weight excluding hydrogens is 422 g/mol. The highest BCUT2D eigenvalue weighted by Crippen LogP contribution is 2.38. The van der Waals surface area contributed by atoms with Crippen LogP contribution in [-0.4, -0.2) is 59.9 Å². The van der Waals surface area contributed by atoms with Crippen molar-refractivity contribution in [2.24, 2.45) is 14.1 Å². The number of methoxy groups -OCH3 is 1. The maximum atomic E-state index is 12.9. The van der Waals surface area contributed by atoms with Crippen molar-refractivity contribution >= 4 is 17.3 Å². The van der Waals surface area contributed by atoms with Gasteiger partial charge in [0.15, 0.2) is 5.75 Å². The third-order valence-corrected chi connectivity index (χ3v) is 5.46. The van der Waals surface area contributed by atoms with E-state index in [0.717, 1.165) is 17.1 Å². The maximum Gasteiger partial charge on any atom is 0.257 e. The van der Waals surface area contributed by atoms with Crippen LogP contribution >= 0.6 is 0 Å². The minimum absolute atomic E-state index is 0.0740. The van der Waals surface area contributed by atoms with Crippen molar-refractivity contribution in [3.8, 4) is 17.1 Å². The lowest BCUT2D eigenvalue weighted by atomic mass is 10.1. The first-order valence-electron chi connectivity index (χ1n) is 10.4. The third kappa shape index (κ3) is 3.77. The summed E-state index contributed by atoms with van der Waals surface area (Å²) in [5.74, 6) is 0.931. The number of aromatic nitrogens is 7. The van der Waals surface area contributed by atoms with E-state index < -0.39 is 0 Å². The summed E-state index contributed by atoms with van der Waals surface area (Å²) in [6.45, 7) is 0.458. The van der Waals surface area contributed by atoms with Crippen molar-refractivity contribution in [3.05, 3.63) is 59.2 Å². The highest BCUT2D eigenvalue weighted by molar-refractivity contribution is 6.03. The lowest BCUT2D eigenvalue weighted by Gasteiger charge is -2.16. The molecular formula is C22H23N9O2. The van der Waals surface area contributed by atoms with Crippen LogP contribution in [0.3, 0.4) is 0 Å². The Bertz CT molecular complexity index is 1360. The zero-order chi connectivity index (χ0) is 23.1. The molecule has 0 saturated heterocycles. The molecule has 33 heavy (non-hydrogen) atoms. The summed E-state index contributed by atoms with van der Waals surface area (Å²) in [6.07, 6.45) is 2.46. The van der Waals surface area contributed by atoms with Gasteiger partial charge in [0.2, 0.25) is 5.82 Å². The summed E-state index contributed by atoms with van der Waals surface area (Å²) in [4.78, 5) is 20.7. The Labute approximate surface area is 190 Å². The number of nitrogens with one attached hydrogen (secondary N) is 1. The SMILES string of the molecule is COc1c(Nc2cc(Cc3ccn(C)n3)nc3c2C(=O)N(C)C3)cccc1-c1nnn(C)n1. The summed E-state index contributed by atoms with van der Waals surface area (Å²) in [5.41, 5.74) is 5.07. The summed E-state index contributed by atoms with van der Waals surface area (Å²) in [5, 5.41) is 20.2. The lowest BCUT2D eigenvalue weighted by molar-refractivity contribution is 0.0817. The van der Waals surface area contributed by atoms with E-state index >= 15 is 0 Å². The molecule has 0 saturated carbocycles. The van der Waals surface area contributed by atoms with E-state index in [1.807, 2.05) is 43.6 Å². The zero-order valence-electron chi connectivity index (χ0n) is 18.8. The van der Waals surface area contributed by atoms with Gasteiger partial charge in [0.1, 0.15) is 0 Å². The molecule has 1 N–H and O–H groups in total. The van der Waals surface area contributed by atoms with Gasteiger partial charge in [0.25, 0.3) is 5.91 Å². The number of para-hydroxylation sites is 1. The molecule has 1 aliphatic heterocycles. The Balaban J connectivity index is 1.57. The second kappa shape index (κ2) is 8.01. The number of rotatable bonds is 6. The third-order valence-electron chi connectivity index (χ3n) is 5.46. The molecule has 0 fully saturated rings. The van der Waals surface area contributed by atoms with Crippen molar-refractivity contribution in [1.82, 2.24) is 39.9 Å². The minimum Gasteiger partial charge on any atom is -0.494 e. The van der Waals surface area contributed by atoms with E-state index in [4.69, 9.17) is 9.72 Å². The van der Waals surface area contributed by atoms with Gasteiger partial charge in [-0.05, 0) is 29.5 Å². The smallest absolute Gasteiger partial charge is 0.257 e. The van der Waals surface area contributed by atoms with Crippen LogP contribution in [0.2, 0.25) is 0 Å². The zero-order valence-corrected chi connectivity index (χ0v) is 18.8. The molecule has 0 aliphatic carbocycles. The molecule has 0 radical (unpaired) electrons. The molecule has 1 amide bonds. The van der Waals surface area contributed by atoms with E-state index in [1.54, 1.807) is 30.8 Å². The molecule has 0 atom stereocenters. The predicted molar refractivity (Wildman–Crippen MR) is 120 cm³/mol. The van der Waals surface area contributed by atoms with E-state index in [2.05, 4.69) is 25.8 Å². The normalized spacial score (nSPS) is 12.8. The lowest BCUT2D eigenvalue weighted by Crippen LogP contribution is -2.18. The molecule has 0 unspecified atom stereocenters. The molecule has 5 rings (SSSR count). The molecule has 168 valence electrons. The number of hydrogen-bond acceptors (Lipinski definition) is 8. The van der Waals surface area contributed by atoms with Crippen molar-refractivity contribution in [2.45, 2.75) is 13.0 Å². The van der Waals surface area contributed by atoms with E-state index in [-0.39, 0.29) is 5.91 Å². The van der Waals surface area contributed by atoms with Gasteiger partial charge in [-0.1, -0.05) is 6.07 Å². The van der Waals surface area contributed by atoms with Crippen LogP contribution in [0.25, 0.3) is 11.4 Å². The second-order valence-corrected chi connectivity index (χ2v) is 7.92. The highest BCUT2D eigenvalue weighted by atomic mass is 16.5. The van der Waals surface area contributed by atoms with Crippen LogP contribution in [0.1, 0.15) is 27.4 Å². The number of anilines is 2. The Kier molecular flexibility index (Phi) is 5.00. The van der Waals surface area contributed by atoms with Crippen LogP contribution in [0, 0.1) is 0 Å². The van der Waals surface area contributed by atoms with Gasteiger partial charge in [-0.25, -0.2) is 0 Å². The number of nitrogens with zero attached hydrogens (tertiary/aromatic N) is 8. The van der Waals surface area contributed by atoms with Crippen molar-refractivity contribution in [2.75, 3.05) is 19.5 Å². The predicted octanol–water partition coefficient (Wildman–Crippen LogP) is 1.93. The second-order valence-electron chi connectivity index (χ2n) is 7.92. The molecule has 11 nitrogen and oxygen atoms in total. The molecule has 1 aromatic carbocycles. The topological polar surface area (TPSA) is 116 Å². The van der Waals surface area contributed by atoms with Gasteiger partial charge >= 0.3 is 0 Å². The fourth-order valence-electron chi connectivity index (χ4n) is 4.00. The van der Waals surface area contributed by atoms with E-state index in [9.17, 15) is 4.79 Å². The van der Waals surface area contributed by atoms with E-state index in [0.29, 0.717) is 47.0 Å². The number of tetrazole rings is 1. The molecule has 11 heteroatoms. The first kappa shape index (κ1) is 20.6. The first-order valence-corrected chi connectivity index (χ1v) is 10.4. The number of ether oxygens (including phenoxy) is 1. The number of amides is 1. The van der Waals surface area contributed by atoms with Gasteiger partial charge in [-0.2, -0.15) is 9.90 Å². The van der Waals surface area contributed by atoms with Gasteiger partial charge in [-0.3, -0.25) is 14.5 Å². The van der Waals surface area contributed by atoms with Crippen molar-refractivity contribution in [1.29, 1.82) is 0 Å². The number of carbonyl (C=O) groups excluding carboxylic acids is 1. The fourth-order valence-corrected chi connectivity index (χ4v) is 4.00. The Morgan fingerprint density at radius 2 is 1.94 bits per heavy atom. The maximum absolute atomic E-state index is 12.9. The Morgan fingerprint density at radius 1 is 1.09 bits per heavy atom. The summed E-state index contributed by atoms with van der Waals surface area (Å²) in [7, 11) is 6.94. The first-order chi connectivity index (χ1) is 15.9. The largest absolute Gasteiger partial charge is 0.494 e. The van der Waals surface area contributed by atoms with Gasteiger partial charge < -0.3 is 15.0 Å². The number of carbonyl (C=O) groups is 1. The molecule has 1 aliphatic rings. The van der Waals surface area contributed by atoms with Gasteiger partial charge in [-0.15, -0.1) is 10.2 Å². The number of benzene rings is 1. The Hall–Kier alpha value is -4.28. The standard InChI is InChI=1S/C22H23N9O2/c1-29-12-18-19(22(29)32)17(11-14(23-18)10-13-8-9-30(2)26-13)24-16-7-5-6-15(20(16)33-4)21-25-28-31(3)27-21/h5-9,11H,10,12H2,1-4H3,(H,23,24). The van der Waals surface area contributed by atoms with Crippen LogP contribution in [0.5, 0.6) is 5.75 Å². The van der Waals surface area contributed by atoms with E-state index in [1.165, 1.54) is 4.80 Å². The average Bonchev–Trinajstić information content (AvgIpc) is 3.47. The van der Waals surface area contributed by atoms with Crippen LogP contribution < -0.4 is 10.1 Å². The van der Waals surface area contributed by atoms with Crippen LogP contribution in [-0.2, 0) is 27.1 Å². The summed E-state index contributed by atoms with van der Waals surface area (Å²) < 4.78 is 7.47. The Morgan fingerprint density at radius 3 is 2.64 bits per heavy atom. The minimum atomic E-state index is -0.0740. The van der Waals surface area contributed by atoms with Crippen LogP contribution in [0.15, 0.2) is 36.5 Å². The summed E-state index contributed by atoms with van der Waals surface area (Å²) in [6, 6.07) is 9.48. The monoisotopic (exact) mass is 445 g/mol. The average molecular weight is 445 g/mol. The van der Waals surface area contributed by atoms with Crippen molar-refractivity contribution in [3.63, 3.8) is 0 Å². The van der Waals surface area contributed by atoms with Crippen molar-refractivity contribution < 1.29 is 9.53 Å². The number of fused-ring (bicyclic) bond motifs is 1. The van der Waals surface area contributed by atoms with Crippen LogP contribution in [0.4, 0.5) is 11.4 Å². The fraction of sp³-hybridized carbons (Fsp3) is 0.273. The van der Waals surface area contributed by atoms with Gasteiger partial charge in [0.05, 0.1) is 54.6 Å². The number of pyridine rings is 1. The molecule has 0 spiro atoms. The number of aryl methyl sites for hydroxylation is 2. The highest BCUT2D eigenvalue weighted by Gasteiger charge is 2.30. The number of hydrogen-bond donors (Lipinski definition) is 1. The molecule has 0 bridgehead atoms. The van der Waals surface area contributed by atoms with Gasteiger partial charge in [0, 0.05) is 32.4 Å².